The molecule has 0 amide bonds. The van der Waals surface area contributed by atoms with Crippen molar-refractivity contribution in [3.8, 4) is 0 Å². The highest BCUT2D eigenvalue weighted by molar-refractivity contribution is 5.79. The normalized spacial score (nSPS) is 12.1. The van der Waals surface area contributed by atoms with Gasteiger partial charge in [0.15, 0.2) is 5.96 Å². The summed E-state index contributed by atoms with van der Waals surface area (Å²) in [5.74, 6) is 0.0812. The number of aliphatic imine (C=N–C) groups is 1. The largest absolute Gasteiger partial charge is 0.416 e. The lowest BCUT2D eigenvalue weighted by atomic mass is 10.1. The van der Waals surface area contributed by atoms with Crippen LogP contribution in [-0.2, 0) is 30.6 Å². The molecule has 0 radical (unpaired) electrons. The van der Waals surface area contributed by atoms with Gasteiger partial charge in [-0.2, -0.15) is 13.2 Å². The van der Waals surface area contributed by atoms with Crippen LogP contribution in [0.5, 0.6) is 0 Å². The molecule has 8 heteroatoms. The Balaban J connectivity index is 1.94. The number of halogens is 4. The summed E-state index contributed by atoms with van der Waals surface area (Å²) in [7, 11) is 3.05. The summed E-state index contributed by atoms with van der Waals surface area (Å²) in [4.78, 5) is 4.04. The van der Waals surface area contributed by atoms with E-state index in [1.807, 2.05) is 0 Å². The minimum Gasteiger partial charge on any atom is -0.380 e. The van der Waals surface area contributed by atoms with Gasteiger partial charge in [-0.15, -0.1) is 0 Å². The van der Waals surface area contributed by atoms with Crippen molar-refractivity contribution in [1.29, 1.82) is 0 Å². The molecule has 0 heterocycles. The van der Waals surface area contributed by atoms with Gasteiger partial charge in [-0.1, -0.05) is 18.2 Å². The van der Waals surface area contributed by atoms with Crippen LogP contribution in [0.1, 0.15) is 22.3 Å². The van der Waals surface area contributed by atoms with Crippen LogP contribution in [0.3, 0.4) is 0 Å². The molecule has 0 atom stereocenters. The Kier molecular flexibility index (Phi) is 7.18. The second kappa shape index (κ2) is 9.36. The van der Waals surface area contributed by atoms with E-state index in [-0.39, 0.29) is 19.0 Å². The van der Waals surface area contributed by atoms with Gasteiger partial charge in [0.1, 0.15) is 5.82 Å². The Bertz CT molecular complexity index is 791. The number of benzene rings is 2. The van der Waals surface area contributed by atoms with Gasteiger partial charge in [-0.05, 0) is 35.4 Å². The number of nitrogens with one attached hydrogen (secondary N) is 2. The van der Waals surface area contributed by atoms with E-state index in [1.165, 1.54) is 19.2 Å². The van der Waals surface area contributed by atoms with Crippen LogP contribution in [0.2, 0.25) is 0 Å². The van der Waals surface area contributed by atoms with Crippen LogP contribution < -0.4 is 10.6 Å². The number of alkyl halides is 3. The van der Waals surface area contributed by atoms with Crippen LogP contribution in [0.25, 0.3) is 0 Å². The van der Waals surface area contributed by atoms with E-state index in [2.05, 4.69) is 15.6 Å². The molecule has 27 heavy (non-hydrogen) atoms. The zero-order chi connectivity index (χ0) is 19.9. The van der Waals surface area contributed by atoms with Gasteiger partial charge in [-0.25, -0.2) is 4.39 Å². The highest BCUT2D eigenvalue weighted by Crippen LogP contribution is 2.29. The van der Waals surface area contributed by atoms with E-state index >= 15 is 0 Å². The second-order valence-corrected chi connectivity index (χ2v) is 5.84. The number of rotatable bonds is 6. The third-order valence-electron chi connectivity index (χ3n) is 3.81. The SMILES string of the molecule is CN=C(NCc1cccc(C(F)(F)F)c1)NCc1ccc(F)c(COC)c1. The molecule has 4 nitrogen and oxygen atoms in total. The fourth-order valence-corrected chi connectivity index (χ4v) is 2.45. The average molecular weight is 383 g/mol. The van der Waals surface area contributed by atoms with Gasteiger partial charge in [0, 0.05) is 32.8 Å². The molecule has 0 aliphatic rings. The number of hydrogen-bond donors (Lipinski definition) is 2. The van der Waals surface area contributed by atoms with Gasteiger partial charge in [0.2, 0.25) is 0 Å². The van der Waals surface area contributed by atoms with Crippen molar-refractivity contribution in [2.75, 3.05) is 14.2 Å². The van der Waals surface area contributed by atoms with Gasteiger partial charge >= 0.3 is 6.18 Å². The molecule has 0 unspecified atom stereocenters. The number of nitrogens with zero attached hydrogens (tertiary/aromatic N) is 1. The maximum absolute atomic E-state index is 13.6. The Hall–Kier alpha value is -2.61. The number of methoxy groups -OCH3 is 1. The lowest BCUT2D eigenvalue weighted by Crippen LogP contribution is -2.36. The summed E-state index contributed by atoms with van der Waals surface area (Å²) >= 11 is 0. The van der Waals surface area contributed by atoms with E-state index in [0.717, 1.165) is 17.7 Å². The fraction of sp³-hybridized carbons (Fsp3) is 0.316. The summed E-state index contributed by atoms with van der Waals surface area (Å²) in [5.41, 5.74) is 1.06. The van der Waals surface area contributed by atoms with Crippen molar-refractivity contribution in [3.63, 3.8) is 0 Å². The molecular weight excluding hydrogens is 362 g/mol. The molecule has 0 saturated carbocycles. The first-order valence-electron chi connectivity index (χ1n) is 8.20. The summed E-state index contributed by atoms with van der Waals surface area (Å²) in [6, 6.07) is 9.79. The summed E-state index contributed by atoms with van der Waals surface area (Å²) in [5, 5.41) is 6.00. The van der Waals surface area contributed by atoms with E-state index < -0.39 is 11.7 Å². The van der Waals surface area contributed by atoms with Crippen molar-refractivity contribution in [1.82, 2.24) is 10.6 Å². The average Bonchev–Trinajstić information content (AvgIpc) is 2.64. The summed E-state index contributed by atoms with van der Waals surface area (Å²) in [6.45, 7) is 0.726. The Morgan fingerprint density at radius 2 is 1.70 bits per heavy atom. The smallest absolute Gasteiger partial charge is 0.380 e. The molecule has 2 rings (SSSR count). The maximum atomic E-state index is 13.6. The predicted octanol–water partition coefficient (Wildman–Crippen LogP) is 3.86. The van der Waals surface area contributed by atoms with Crippen molar-refractivity contribution in [2.24, 2.45) is 4.99 Å². The topological polar surface area (TPSA) is 45.7 Å². The number of guanidine groups is 1. The van der Waals surface area contributed by atoms with Crippen molar-refractivity contribution in [2.45, 2.75) is 25.9 Å². The van der Waals surface area contributed by atoms with Gasteiger partial charge in [-0.3, -0.25) is 4.99 Å². The van der Waals surface area contributed by atoms with Crippen LogP contribution >= 0.6 is 0 Å². The van der Waals surface area contributed by atoms with E-state index in [1.54, 1.807) is 25.2 Å². The standard InChI is InChI=1S/C19H21F4N3O/c1-24-18(25-10-13-4-3-5-16(9-13)19(21,22)23)26-11-14-6-7-17(20)15(8-14)12-27-2/h3-9H,10-12H2,1-2H3,(H2,24,25,26). The third kappa shape index (κ3) is 6.25. The van der Waals surface area contributed by atoms with Crippen LogP contribution in [0.15, 0.2) is 47.5 Å². The van der Waals surface area contributed by atoms with Gasteiger partial charge in [0.05, 0.1) is 12.2 Å². The lowest BCUT2D eigenvalue weighted by molar-refractivity contribution is -0.137. The summed E-state index contributed by atoms with van der Waals surface area (Å²) in [6.07, 6.45) is -4.38. The molecule has 0 fully saturated rings. The van der Waals surface area contributed by atoms with E-state index in [0.29, 0.717) is 23.6 Å². The van der Waals surface area contributed by atoms with Crippen molar-refractivity contribution in [3.05, 3.63) is 70.5 Å². The fourth-order valence-electron chi connectivity index (χ4n) is 2.45. The maximum Gasteiger partial charge on any atom is 0.416 e. The monoisotopic (exact) mass is 383 g/mol. The number of ether oxygens (including phenoxy) is 1. The highest BCUT2D eigenvalue weighted by Gasteiger charge is 2.30. The first-order valence-corrected chi connectivity index (χ1v) is 8.20. The quantitative estimate of drug-likeness (QED) is 0.452. The van der Waals surface area contributed by atoms with Gasteiger partial charge < -0.3 is 15.4 Å². The van der Waals surface area contributed by atoms with Crippen LogP contribution in [0, 0.1) is 5.82 Å². The molecule has 0 bridgehead atoms. The zero-order valence-electron chi connectivity index (χ0n) is 15.0. The third-order valence-corrected chi connectivity index (χ3v) is 3.81. The van der Waals surface area contributed by atoms with Crippen molar-refractivity contribution >= 4 is 5.96 Å². The number of hydrogen-bond acceptors (Lipinski definition) is 2. The highest BCUT2D eigenvalue weighted by atomic mass is 19.4. The predicted molar refractivity (Wildman–Crippen MR) is 95.6 cm³/mol. The van der Waals surface area contributed by atoms with Gasteiger partial charge in [0.25, 0.3) is 0 Å². The molecule has 2 aromatic rings. The van der Waals surface area contributed by atoms with E-state index in [9.17, 15) is 17.6 Å². The molecular formula is C19H21F4N3O. The Labute approximate surface area is 155 Å². The first-order chi connectivity index (χ1) is 12.8. The minimum atomic E-state index is -4.38. The van der Waals surface area contributed by atoms with Crippen molar-refractivity contribution < 1.29 is 22.3 Å². The van der Waals surface area contributed by atoms with Crippen LogP contribution in [-0.4, -0.2) is 20.1 Å². The molecule has 0 aliphatic heterocycles. The molecule has 0 aromatic heterocycles. The Morgan fingerprint density at radius 3 is 2.30 bits per heavy atom. The van der Waals surface area contributed by atoms with Crippen LogP contribution in [0.4, 0.5) is 17.6 Å². The first kappa shape index (κ1) is 20.7. The molecule has 146 valence electrons. The second-order valence-electron chi connectivity index (χ2n) is 5.84. The zero-order valence-corrected chi connectivity index (χ0v) is 15.0. The lowest BCUT2D eigenvalue weighted by Gasteiger charge is -2.14. The molecule has 2 N–H and O–H groups in total. The summed E-state index contributed by atoms with van der Waals surface area (Å²) < 4.78 is 56.9. The van der Waals surface area contributed by atoms with E-state index in [4.69, 9.17) is 4.74 Å². The molecule has 0 spiro atoms. The minimum absolute atomic E-state index is 0.169. The Morgan fingerprint density at radius 1 is 1.04 bits per heavy atom. The molecule has 2 aromatic carbocycles. The molecule has 0 aliphatic carbocycles. The molecule has 0 saturated heterocycles.